The minimum Gasteiger partial charge on any atom is -0.340 e. The van der Waals surface area contributed by atoms with Crippen LogP contribution in [0, 0.1) is 12.3 Å². The zero-order chi connectivity index (χ0) is 12.8. The van der Waals surface area contributed by atoms with Gasteiger partial charge in [0.2, 0.25) is 5.91 Å². The highest BCUT2D eigenvalue weighted by atomic mass is 79.9. The van der Waals surface area contributed by atoms with E-state index in [-0.39, 0.29) is 12.3 Å². The largest absolute Gasteiger partial charge is 0.340 e. The van der Waals surface area contributed by atoms with E-state index in [1.54, 1.807) is 11.9 Å². The Morgan fingerprint density at radius 1 is 1.53 bits per heavy atom. The highest BCUT2D eigenvalue weighted by Gasteiger charge is 2.16. The summed E-state index contributed by atoms with van der Waals surface area (Å²) in [5.41, 5.74) is 6.72. The van der Waals surface area contributed by atoms with E-state index in [1.165, 1.54) is 0 Å². The zero-order valence-corrected chi connectivity index (χ0v) is 11.3. The highest BCUT2D eigenvalue weighted by molar-refractivity contribution is 9.10. The fourth-order valence-corrected chi connectivity index (χ4v) is 1.70. The number of benzene rings is 1. The van der Waals surface area contributed by atoms with Crippen molar-refractivity contribution in [1.82, 2.24) is 4.90 Å². The van der Waals surface area contributed by atoms with Crippen molar-refractivity contribution in [3.8, 4) is 12.3 Å². The van der Waals surface area contributed by atoms with Gasteiger partial charge in [0.25, 0.3) is 0 Å². The third-order valence-corrected chi connectivity index (χ3v) is 2.89. The van der Waals surface area contributed by atoms with Gasteiger partial charge in [-0.2, -0.15) is 0 Å². The third-order valence-electron chi connectivity index (χ3n) is 2.36. The molecule has 1 aromatic rings. The van der Waals surface area contributed by atoms with Gasteiger partial charge < -0.3 is 10.6 Å². The molecule has 0 heterocycles. The number of likely N-dealkylation sites (N-methyl/N-ethyl adjacent to an activating group) is 1. The van der Waals surface area contributed by atoms with Crippen LogP contribution in [0.3, 0.4) is 0 Å². The van der Waals surface area contributed by atoms with Crippen molar-refractivity contribution in [2.24, 2.45) is 5.73 Å². The Labute approximate surface area is 110 Å². The number of halogens is 1. The van der Waals surface area contributed by atoms with Crippen molar-refractivity contribution in [2.75, 3.05) is 7.05 Å². The van der Waals surface area contributed by atoms with E-state index in [0.717, 1.165) is 10.0 Å². The number of carbonyl (C=O) groups is 1. The maximum absolute atomic E-state index is 11.8. The van der Waals surface area contributed by atoms with E-state index in [9.17, 15) is 4.79 Å². The van der Waals surface area contributed by atoms with Gasteiger partial charge in [-0.3, -0.25) is 4.79 Å². The molecule has 1 unspecified atom stereocenters. The molecule has 0 spiro atoms. The van der Waals surface area contributed by atoms with Gasteiger partial charge in [-0.1, -0.05) is 28.1 Å². The fourth-order valence-electron chi connectivity index (χ4n) is 1.44. The normalized spacial score (nSPS) is 11.6. The minimum absolute atomic E-state index is 0.133. The summed E-state index contributed by atoms with van der Waals surface area (Å²) in [6, 6.07) is 7.19. The van der Waals surface area contributed by atoms with Crippen LogP contribution in [-0.4, -0.2) is 23.9 Å². The lowest BCUT2D eigenvalue weighted by Crippen LogP contribution is -2.41. The smallest absolute Gasteiger partial charge is 0.240 e. The number of hydrogen-bond donors (Lipinski definition) is 1. The molecule has 0 saturated heterocycles. The van der Waals surface area contributed by atoms with Gasteiger partial charge in [0.05, 0.1) is 6.04 Å². The number of hydrogen-bond acceptors (Lipinski definition) is 2. The van der Waals surface area contributed by atoms with Crippen LogP contribution in [-0.2, 0) is 11.3 Å². The molecule has 1 atom stereocenters. The molecular weight excluding hydrogens is 280 g/mol. The monoisotopic (exact) mass is 294 g/mol. The van der Waals surface area contributed by atoms with Gasteiger partial charge in [-0.05, 0) is 17.7 Å². The standard InChI is InChI=1S/C13H15BrN2O/c1-3-4-12(15)13(17)16(2)9-10-5-7-11(14)8-6-10/h1,5-8,12H,4,9,15H2,2H3. The van der Waals surface area contributed by atoms with Crippen LogP contribution >= 0.6 is 15.9 Å². The van der Waals surface area contributed by atoms with E-state index in [2.05, 4.69) is 21.9 Å². The minimum atomic E-state index is -0.611. The molecule has 17 heavy (non-hydrogen) atoms. The summed E-state index contributed by atoms with van der Waals surface area (Å²) in [7, 11) is 1.72. The highest BCUT2D eigenvalue weighted by Crippen LogP contribution is 2.12. The number of nitrogens with two attached hydrogens (primary N) is 1. The lowest BCUT2D eigenvalue weighted by molar-refractivity contribution is -0.131. The van der Waals surface area contributed by atoms with E-state index in [0.29, 0.717) is 6.54 Å². The second-order valence-electron chi connectivity index (χ2n) is 3.84. The third kappa shape index (κ3) is 4.22. The lowest BCUT2D eigenvalue weighted by Gasteiger charge is -2.20. The Morgan fingerprint density at radius 3 is 2.65 bits per heavy atom. The molecule has 0 aromatic heterocycles. The van der Waals surface area contributed by atoms with Gasteiger partial charge in [0, 0.05) is 24.5 Å². The van der Waals surface area contributed by atoms with Crippen LogP contribution in [0.25, 0.3) is 0 Å². The second kappa shape index (κ2) is 6.43. The first-order valence-electron chi connectivity index (χ1n) is 5.23. The molecular formula is C13H15BrN2O. The lowest BCUT2D eigenvalue weighted by atomic mass is 10.1. The van der Waals surface area contributed by atoms with Crippen molar-refractivity contribution < 1.29 is 4.79 Å². The Bertz CT molecular complexity index is 422. The van der Waals surface area contributed by atoms with Crippen molar-refractivity contribution in [2.45, 2.75) is 19.0 Å². The summed E-state index contributed by atoms with van der Waals surface area (Å²) in [6.45, 7) is 0.532. The van der Waals surface area contributed by atoms with Gasteiger partial charge in [0.1, 0.15) is 0 Å². The topological polar surface area (TPSA) is 46.3 Å². The summed E-state index contributed by atoms with van der Waals surface area (Å²) < 4.78 is 1.01. The van der Waals surface area contributed by atoms with Gasteiger partial charge in [-0.25, -0.2) is 0 Å². The summed E-state index contributed by atoms with van der Waals surface area (Å²) in [6.07, 6.45) is 5.40. The van der Waals surface area contributed by atoms with Gasteiger partial charge in [0.15, 0.2) is 0 Å². The molecule has 0 aliphatic heterocycles. The first-order valence-corrected chi connectivity index (χ1v) is 6.02. The predicted molar refractivity (Wildman–Crippen MR) is 72.0 cm³/mol. The Hall–Kier alpha value is -1.31. The van der Waals surface area contributed by atoms with E-state index in [4.69, 9.17) is 12.2 Å². The molecule has 0 bridgehead atoms. The SMILES string of the molecule is C#CCC(N)C(=O)N(C)Cc1ccc(Br)cc1. The quantitative estimate of drug-likeness (QED) is 0.860. The average molecular weight is 295 g/mol. The molecule has 0 saturated carbocycles. The van der Waals surface area contributed by atoms with Crippen LogP contribution in [0.1, 0.15) is 12.0 Å². The maximum atomic E-state index is 11.8. The van der Waals surface area contributed by atoms with Crippen LogP contribution in [0.5, 0.6) is 0 Å². The molecule has 2 N–H and O–H groups in total. The molecule has 3 nitrogen and oxygen atoms in total. The molecule has 4 heteroatoms. The first-order chi connectivity index (χ1) is 8.04. The zero-order valence-electron chi connectivity index (χ0n) is 9.69. The molecule has 90 valence electrons. The van der Waals surface area contributed by atoms with Crippen molar-refractivity contribution >= 4 is 21.8 Å². The Morgan fingerprint density at radius 2 is 2.12 bits per heavy atom. The summed E-state index contributed by atoms with van der Waals surface area (Å²) in [4.78, 5) is 13.4. The predicted octanol–water partition coefficient (Wildman–Crippen LogP) is 1.76. The van der Waals surface area contributed by atoms with Crippen LogP contribution in [0.15, 0.2) is 28.7 Å². The van der Waals surface area contributed by atoms with Gasteiger partial charge >= 0.3 is 0 Å². The van der Waals surface area contributed by atoms with Crippen LogP contribution in [0.4, 0.5) is 0 Å². The molecule has 1 rings (SSSR count). The van der Waals surface area contributed by atoms with Gasteiger partial charge in [-0.15, -0.1) is 12.3 Å². The fraction of sp³-hybridized carbons (Fsp3) is 0.308. The van der Waals surface area contributed by atoms with E-state index in [1.807, 2.05) is 24.3 Å². The molecule has 1 amide bonds. The van der Waals surface area contributed by atoms with Crippen LogP contribution < -0.4 is 5.73 Å². The summed E-state index contributed by atoms with van der Waals surface area (Å²) >= 11 is 3.36. The molecule has 0 fully saturated rings. The molecule has 0 aliphatic carbocycles. The number of amides is 1. The molecule has 1 aromatic carbocycles. The molecule has 0 radical (unpaired) electrons. The van der Waals surface area contributed by atoms with Crippen molar-refractivity contribution in [1.29, 1.82) is 0 Å². The van der Waals surface area contributed by atoms with Crippen LogP contribution in [0.2, 0.25) is 0 Å². The number of carbonyl (C=O) groups excluding carboxylic acids is 1. The first kappa shape index (κ1) is 13.8. The van der Waals surface area contributed by atoms with E-state index < -0.39 is 6.04 Å². The van der Waals surface area contributed by atoms with Crippen molar-refractivity contribution in [3.63, 3.8) is 0 Å². The second-order valence-corrected chi connectivity index (χ2v) is 4.75. The average Bonchev–Trinajstić information content (AvgIpc) is 2.31. The van der Waals surface area contributed by atoms with E-state index >= 15 is 0 Å². The summed E-state index contributed by atoms with van der Waals surface area (Å²) in [5.74, 6) is 2.26. The number of terminal acetylenes is 1. The Balaban J connectivity index is 2.60. The van der Waals surface area contributed by atoms with Crippen molar-refractivity contribution in [3.05, 3.63) is 34.3 Å². The Kier molecular flexibility index (Phi) is 5.20. The number of rotatable bonds is 4. The maximum Gasteiger partial charge on any atom is 0.240 e. The summed E-state index contributed by atoms with van der Waals surface area (Å²) in [5, 5.41) is 0. The number of nitrogens with zero attached hydrogens (tertiary/aromatic N) is 1. The molecule has 0 aliphatic rings.